The van der Waals surface area contributed by atoms with Gasteiger partial charge in [-0.15, -0.1) is 11.3 Å². The van der Waals surface area contributed by atoms with E-state index in [9.17, 15) is 8.42 Å². The average Bonchev–Trinajstić information content (AvgIpc) is 3.19. The van der Waals surface area contributed by atoms with E-state index in [-0.39, 0.29) is 10.3 Å². The van der Waals surface area contributed by atoms with Gasteiger partial charge in [0.1, 0.15) is 17.0 Å². The van der Waals surface area contributed by atoms with Gasteiger partial charge in [-0.25, -0.2) is 18.4 Å². The summed E-state index contributed by atoms with van der Waals surface area (Å²) in [6, 6.07) is 4.76. The van der Waals surface area contributed by atoms with Gasteiger partial charge < -0.3 is 10.1 Å². The summed E-state index contributed by atoms with van der Waals surface area (Å²) in [5.74, 6) is 1.30. The fourth-order valence-electron chi connectivity index (χ4n) is 4.77. The van der Waals surface area contributed by atoms with Crippen molar-refractivity contribution in [1.29, 1.82) is 0 Å². The van der Waals surface area contributed by atoms with E-state index in [1.165, 1.54) is 14.7 Å². The van der Waals surface area contributed by atoms with Crippen LogP contribution in [0.5, 0.6) is 0 Å². The number of nitrogens with zero attached hydrogens (tertiary/aromatic N) is 3. The smallest absolute Gasteiger partial charge is 0.243 e. The van der Waals surface area contributed by atoms with Gasteiger partial charge in [-0.2, -0.15) is 4.31 Å². The number of fused-ring (bicyclic) bond motifs is 3. The minimum absolute atomic E-state index is 0.201. The van der Waals surface area contributed by atoms with Gasteiger partial charge in [-0.3, -0.25) is 0 Å². The highest BCUT2D eigenvalue weighted by atomic mass is 35.5. The Bertz CT molecular complexity index is 1330. The van der Waals surface area contributed by atoms with Crippen LogP contribution in [0.15, 0.2) is 29.4 Å². The van der Waals surface area contributed by atoms with Crippen molar-refractivity contribution in [2.75, 3.05) is 31.6 Å². The van der Waals surface area contributed by atoms with Crippen molar-refractivity contribution in [3.63, 3.8) is 0 Å². The summed E-state index contributed by atoms with van der Waals surface area (Å²) in [4.78, 5) is 11.6. The molecule has 1 fully saturated rings. The molecule has 2 aliphatic rings. The van der Waals surface area contributed by atoms with Crippen LogP contribution in [0.4, 0.5) is 11.5 Å². The van der Waals surface area contributed by atoms with Crippen LogP contribution in [0.3, 0.4) is 0 Å². The summed E-state index contributed by atoms with van der Waals surface area (Å²) in [6.45, 7) is 8.41. The Morgan fingerprint density at radius 1 is 1.21 bits per heavy atom. The van der Waals surface area contributed by atoms with Crippen molar-refractivity contribution in [3.05, 3.63) is 40.0 Å². The number of benzene rings is 1. The lowest BCUT2D eigenvalue weighted by atomic mass is 9.72. The molecule has 0 saturated carbocycles. The van der Waals surface area contributed by atoms with Gasteiger partial charge in [-0.05, 0) is 54.4 Å². The molecule has 1 aliphatic heterocycles. The SMILES string of the molecule is CC(C)(C)C1CCc2c(sc3ncnc(Nc4cc(S(=O)(=O)N5CCOCC5)ccc4Cl)c23)C1. The van der Waals surface area contributed by atoms with E-state index in [1.807, 2.05) is 0 Å². The Morgan fingerprint density at radius 3 is 2.71 bits per heavy atom. The minimum atomic E-state index is -3.64. The molecular formula is C24H29ClN4O3S2. The number of halogens is 1. The van der Waals surface area contributed by atoms with Crippen LogP contribution in [0.1, 0.15) is 37.6 Å². The van der Waals surface area contributed by atoms with E-state index in [4.69, 9.17) is 16.3 Å². The molecule has 0 radical (unpaired) electrons. The first-order chi connectivity index (χ1) is 16.1. The van der Waals surface area contributed by atoms with Crippen molar-refractivity contribution in [3.8, 4) is 0 Å². The quantitative estimate of drug-likeness (QED) is 0.505. The van der Waals surface area contributed by atoms with Crippen LogP contribution < -0.4 is 5.32 Å². The highest BCUT2D eigenvalue weighted by molar-refractivity contribution is 7.89. The fourth-order valence-corrected chi connectivity index (χ4v) is 7.63. The summed E-state index contributed by atoms with van der Waals surface area (Å²) in [7, 11) is -3.64. The molecule has 182 valence electrons. The van der Waals surface area contributed by atoms with Gasteiger partial charge in [0.2, 0.25) is 10.0 Å². The van der Waals surface area contributed by atoms with Crippen LogP contribution in [-0.2, 0) is 27.6 Å². The molecule has 1 N–H and O–H groups in total. The zero-order valence-electron chi connectivity index (χ0n) is 19.6. The predicted octanol–water partition coefficient (Wildman–Crippen LogP) is 5.26. The first-order valence-electron chi connectivity index (χ1n) is 11.5. The molecule has 3 aromatic rings. The molecule has 2 aromatic heterocycles. The Balaban J connectivity index is 1.49. The standard InChI is InChI=1S/C24H29ClN4O3S2/c1-24(2,3)15-4-6-17-20(12-15)33-23-21(17)22(26-14-27-23)28-19-13-16(5-7-18(19)25)34(30,31)29-8-10-32-11-9-29/h5,7,13-15H,4,6,8-12H2,1-3H3,(H,26,27,28). The molecule has 7 nitrogen and oxygen atoms in total. The van der Waals surface area contributed by atoms with E-state index >= 15 is 0 Å². The third-order valence-corrected chi connectivity index (χ3v) is 10.3. The molecule has 0 spiro atoms. The molecule has 1 aliphatic carbocycles. The molecule has 0 amide bonds. The highest BCUT2D eigenvalue weighted by Crippen LogP contribution is 2.44. The van der Waals surface area contributed by atoms with Crippen LogP contribution >= 0.6 is 22.9 Å². The summed E-state index contributed by atoms with van der Waals surface area (Å²) in [6.07, 6.45) is 4.71. The molecule has 34 heavy (non-hydrogen) atoms. The molecule has 1 saturated heterocycles. The predicted molar refractivity (Wildman–Crippen MR) is 137 cm³/mol. The number of anilines is 2. The highest BCUT2D eigenvalue weighted by Gasteiger charge is 2.32. The normalized spacial score (nSPS) is 19.8. The van der Waals surface area contributed by atoms with Crippen molar-refractivity contribution < 1.29 is 13.2 Å². The number of aryl methyl sites for hydroxylation is 1. The second kappa shape index (κ2) is 9.02. The van der Waals surface area contributed by atoms with Crippen LogP contribution in [0.25, 0.3) is 10.2 Å². The number of ether oxygens (including phenoxy) is 1. The monoisotopic (exact) mass is 520 g/mol. The van der Waals surface area contributed by atoms with E-state index < -0.39 is 10.0 Å². The number of aromatic nitrogens is 2. The fraction of sp³-hybridized carbons (Fsp3) is 0.500. The van der Waals surface area contributed by atoms with Crippen LogP contribution in [-0.4, -0.2) is 49.0 Å². The number of sulfonamides is 1. The molecule has 0 bridgehead atoms. The zero-order valence-corrected chi connectivity index (χ0v) is 22.0. The zero-order chi connectivity index (χ0) is 24.1. The van der Waals surface area contributed by atoms with E-state index in [0.717, 1.165) is 29.5 Å². The van der Waals surface area contributed by atoms with E-state index in [0.29, 0.717) is 48.7 Å². The second-order valence-electron chi connectivity index (χ2n) is 10.00. The first-order valence-corrected chi connectivity index (χ1v) is 14.2. The maximum absolute atomic E-state index is 13.2. The third kappa shape index (κ3) is 4.44. The maximum Gasteiger partial charge on any atom is 0.243 e. The molecular weight excluding hydrogens is 492 g/mol. The van der Waals surface area contributed by atoms with Crippen molar-refractivity contribution in [2.45, 2.75) is 44.9 Å². The number of hydrogen-bond donors (Lipinski definition) is 1. The molecule has 1 unspecified atom stereocenters. The molecule has 10 heteroatoms. The number of nitrogens with one attached hydrogen (secondary N) is 1. The summed E-state index contributed by atoms with van der Waals surface area (Å²) in [5.41, 5.74) is 2.08. The number of morpholine rings is 1. The Hall–Kier alpha value is -1.78. The largest absolute Gasteiger partial charge is 0.379 e. The van der Waals surface area contributed by atoms with Crippen molar-refractivity contribution in [1.82, 2.24) is 14.3 Å². The Kier molecular flexibility index (Phi) is 6.35. The summed E-state index contributed by atoms with van der Waals surface area (Å²) >= 11 is 8.22. The van der Waals surface area contributed by atoms with E-state index in [1.54, 1.807) is 35.9 Å². The van der Waals surface area contributed by atoms with Gasteiger partial charge in [0, 0.05) is 18.0 Å². The average molecular weight is 521 g/mol. The van der Waals surface area contributed by atoms with Gasteiger partial charge in [0.25, 0.3) is 0 Å². The summed E-state index contributed by atoms with van der Waals surface area (Å²) < 4.78 is 33.1. The number of hydrogen-bond acceptors (Lipinski definition) is 7. The van der Waals surface area contributed by atoms with Gasteiger partial charge >= 0.3 is 0 Å². The molecule has 3 heterocycles. The summed E-state index contributed by atoms with van der Waals surface area (Å²) in [5, 5.41) is 4.78. The van der Waals surface area contributed by atoms with Crippen molar-refractivity contribution in [2.24, 2.45) is 11.3 Å². The maximum atomic E-state index is 13.2. The lowest BCUT2D eigenvalue weighted by molar-refractivity contribution is 0.0730. The topological polar surface area (TPSA) is 84.4 Å². The Morgan fingerprint density at radius 2 is 1.97 bits per heavy atom. The van der Waals surface area contributed by atoms with Crippen LogP contribution in [0, 0.1) is 11.3 Å². The van der Waals surface area contributed by atoms with Gasteiger partial charge in [0.05, 0.1) is 34.2 Å². The van der Waals surface area contributed by atoms with Gasteiger partial charge in [-0.1, -0.05) is 32.4 Å². The third-order valence-electron chi connectivity index (χ3n) is 6.87. The van der Waals surface area contributed by atoms with Crippen LogP contribution in [0.2, 0.25) is 5.02 Å². The van der Waals surface area contributed by atoms with E-state index in [2.05, 4.69) is 36.1 Å². The molecule has 1 atom stereocenters. The minimum Gasteiger partial charge on any atom is -0.379 e. The van der Waals surface area contributed by atoms with Gasteiger partial charge in [0.15, 0.2) is 0 Å². The molecule has 1 aromatic carbocycles. The molecule has 5 rings (SSSR count). The second-order valence-corrected chi connectivity index (χ2v) is 13.4. The van der Waals surface area contributed by atoms with Crippen molar-refractivity contribution >= 4 is 54.7 Å². The lowest BCUT2D eigenvalue weighted by Gasteiger charge is -2.33. The lowest BCUT2D eigenvalue weighted by Crippen LogP contribution is -2.40. The number of rotatable bonds is 4. The Labute approximate surface area is 209 Å². The first kappa shape index (κ1) is 23.9. The number of thiophene rings is 1.